The molecule has 0 fully saturated rings. The number of aliphatic hydroxyl groups is 1. The molecule has 0 aromatic heterocycles. The van der Waals surface area contributed by atoms with Crippen LogP contribution < -0.4 is 14.2 Å². The van der Waals surface area contributed by atoms with Crippen molar-refractivity contribution in [1.82, 2.24) is 0 Å². The van der Waals surface area contributed by atoms with Crippen molar-refractivity contribution in [2.75, 3.05) is 27.9 Å². The van der Waals surface area contributed by atoms with Crippen molar-refractivity contribution in [3.63, 3.8) is 0 Å². The molecule has 1 N–H and O–H groups in total. The van der Waals surface area contributed by atoms with Crippen LogP contribution in [0.15, 0.2) is 42.0 Å². The third kappa shape index (κ3) is 2.74. The maximum atomic E-state index is 9.86. The summed E-state index contributed by atoms with van der Waals surface area (Å²) in [6, 6.07) is 12.2. The highest BCUT2D eigenvalue weighted by molar-refractivity contribution is 5.86. The van der Waals surface area contributed by atoms with Gasteiger partial charge in [-0.15, -0.1) is 0 Å². The first-order chi connectivity index (χ1) is 11.7. The van der Waals surface area contributed by atoms with Gasteiger partial charge in [0.2, 0.25) is 5.75 Å². The molecule has 2 aromatic carbocycles. The Morgan fingerprint density at radius 3 is 2.17 bits per heavy atom. The van der Waals surface area contributed by atoms with Gasteiger partial charge in [0.25, 0.3) is 0 Å². The second-order valence-electron chi connectivity index (χ2n) is 5.71. The molecule has 1 aliphatic carbocycles. The van der Waals surface area contributed by atoms with E-state index in [1.165, 1.54) is 5.56 Å². The zero-order chi connectivity index (χ0) is 17.1. The molecule has 126 valence electrons. The normalized spacial score (nSPS) is 13.5. The summed E-state index contributed by atoms with van der Waals surface area (Å²) in [7, 11) is 4.81. The Balaban J connectivity index is 2.24. The lowest BCUT2D eigenvalue weighted by Crippen LogP contribution is -2.09. The molecule has 4 heteroatoms. The van der Waals surface area contributed by atoms with Gasteiger partial charge in [-0.2, -0.15) is 0 Å². The molecular formula is C20H22O4. The summed E-state index contributed by atoms with van der Waals surface area (Å²) in [4.78, 5) is 0. The van der Waals surface area contributed by atoms with Crippen molar-refractivity contribution < 1.29 is 19.3 Å². The first kappa shape index (κ1) is 16.4. The average Bonchev–Trinajstić information content (AvgIpc) is 2.65. The highest BCUT2D eigenvalue weighted by Gasteiger charge is 2.22. The van der Waals surface area contributed by atoms with Crippen LogP contribution in [0.1, 0.15) is 23.1 Å². The average molecular weight is 326 g/mol. The minimum absolute atomic E-state index is 0.0420. The number of aliphatic hydroxyl groups excluding tert-OH is 1. The fraction of sp³-hybridized carbons (Fsp3) is 0.300. The Kier molecular flexibility index (Phi) is 4.76. The van der Waals surface area contributed by atoms with Gasteiger partial charge in [0.05, 0.1) is 27.9 Å². The number of hydrogen-bond acceptors (Lipinski definition) is 4. The Hall–Kier alpha value is -2.46. The molecule has 1 aliphatic rings. The highest BCUT2D eigenvalue weighted by Crippen LogP contribution is 2.43. The molecule has 0 heterocycles. The zero-order valence-corrected chi connectivity index (χ0v) is 14.3. The molecule has 0 amide bonds. The summed E-state index contributed by atoms with van der Waals surface area (Å²) in [6.07, 6.45) is 1.79. The van der Waals surface area contributed by atoms with E-state index in [-0.39, 0.29) is 6.61 Å². The third-order valence-corrected chi connectivity index (χ3v) is 4.48. The van der Waals surface area contributed by atoms with Crippen molar-refractivity contribution in [2.24, 2.45) is 0 Å². The van der Waals surface area contributed by atoms with Gasteiger partial charge >= 0.3 is 0 Å². The van der Waals surface area contributed by atoms with Crippen LogP contribution in [0.3, 0.4) is 0 Å². The molecule has 0 saturated carbocycles. The van der Waals surface area contributed by atoms with Gasteiger partial charge in [-0.25, -0.2) is 0 Å². The van der Waals surface area contributed by atoms with Crippen LogP contribution in [0.25, 0.3) is 5.57 Å². The van der Waals surface area contributed by atoms with Crippen molar-refractivity contribution in [2.45, 2.75) is 12.8 Å². The maximum Gasteiger partial charge on any atom is 0.203 e. The largest absolute Gasteiger partial charge is 0.493 e. The van der Waals surface area contributed by atoms with Crippen molar-refractivity contribution in [3.05, 3.63) is 58.7 Å². The summed E-state index contributed by atoms with van der Waals surface area (Å²) in [6.45, 7) is 0.0420. The van der Waals surface area contributed by atoms with Crippen molar-refractivity contribution in [1.29, 1.82) is 0 Å². The summed E-state index contributed by atoms with van der Waals surface area (Å²) >= 11 is 0. The van der Waals surface area contributed by atoms with Gasteiger partial charge in [0.15, 0.2) is 11.5 Å². The van der Waals surface area contributed by atoms with Gasteiger partial charge < -0.3 is 19.3 Å². The lowest BCUT2D eigenvalue weighted by molar-refractivity contribution is 0.323. The van der Waals surface area contributed by atoms with Gasteiger partial charge in [0.1, 0.15) is 0 Å². The predicted octanol–water partition coefficient (Wildman–Crippen LogP) is 3.45. The molecular weight excluding hydrogens is 304 g/mol. The number of ether oxygens (including phenoxy) is 3. The third-order valence-electron chi connectivity index (χ3n) is 4.48. The van der Waals surface area contributed by atoms with Crippen LogP contribution in [-0.4, -0.2) is 33.0 Å². The molecule has 2 aromatic rings. The van der Waals surface area contributed by atoms with Crippen molar-refractivity contribution >= 4 is 5.57 Å². The summed E-state index contributed by atoms with van der Waals surface area (Å²) in [5, 5.41) is 9.86. The lowest BCUT2D eigenvalue weighted by Gasteiger charge is -2.24. The Morgan fingerprint density at radius 2 is 1.58 bits per heavy atom. The topological polar surface area (TPSA) is 47.9 Å². The van der Waals surface area contributed by atoms with Crippen LogP contribution in [0.2, 0.25) is 0 Å². The van der Waals surface area contributed by atoms with Crippen LogP contribution >= 0.6 is 0 Å². The van der Waals surface area contributed by atoms with Gasteiger partial charge in [-0.05, 0) is 52.8 Å². The standard InChI is InChI=1S/C20H22O4/c1-22-17-10-15(11-18(23-2)20(17)24-3)19-14(12-21)9-8-13-6-4-5-7-16(13)19/h4-7,10-11,21H,8-9,12H2,1-3H3. The molecule has 0 radical (unpaired) electrons. The van der Waals surface area contributed by atoms with Gasteiger partial charge in [-0.3, -0.25) is 0 Å². The number of aryl methyl sites for hydroxylation is 1. The minimum Gasteiger partial charge on any atom is -0.493 e. The molecule has 0 bridgehead atoms. The number of hydrogen-bond donors (Lipinski definition) is 1. The Morgan fingerprint density at radius 1 is 0.917 bits per heavy atom. The Bertz CT molecular complexity index is 752. The smallest absolute Gasteiger partial charge is 0.203 e. The van der Waals surface area contributed by atoms with E-state index in [4.69, 9.17) is 14.2 Å². The van der Waals surface area contributed by atoms with E-state index in [0.717, 1.165) is 35.1 Å². The molecule has 3 rings (SSSR count). The second kappa shape index (κ2) is 6.97. The number of benzene rings is 2. The number of rotatable bonds is 5. The summed E-state index contributed by atoms with van der Waals surface area (Å²) in [5.41, 5.74) is 5.49. The van der Waals surface area contributed by atoms with E-state index in [1.54, 1.807) is 21.3 Å². The molecule has 0 unspecified atom stereocenters. The molecule has 0 aliphatic heterocycles. The van der Waals surface area contributed by atoms with Crippen LogP contribution in [-0.2, 0) is 6.42 Å². The fourth-order valence-electron chi connectivity index (χ4n) is 3.33. The number of methoxy groups -OCH3 is 3. The van der Waals surface area contributed by atoms with Gasteiger partial charge in [0, 0.05) is 0 Å². The van der Waals surface area contributed by atoms with Gasteiger partial charge in [-0.1, -0.05) is 24.3 Å². The summed E-state index contributed by atoms with van der Waals surface area (Å²) < 4.78 is 16.4. The van der Waals surface area contributed by atoms with E-state index >= 15 is 0 Å². The fourth-order valence-corrected chi connectivity index (χ4v) is 3.33. The molecule has 0 saturated heterocycles. The highest BCUT2D eigenvalue weighted by atomic mass is 16.5. The molecule has 24 heavy (non-hydrogen) atoms. The maximum absolute atomic E-state index is 9.86. The van der Waals surface area contributed by atoms with E-state index < -0.39 is 0 Å². The monoisotopic (exact) mass is 326 g/mol. The number of fused-ring (bicyclic) bond motifs is 1. The zero-order valence-electron chi connectivity index (χ0n) is 14.3. The predicted molar refractivity (Wildman–Crippen MR) is 94.0 cm³/mol. The summed E-state index contributed by atoms with van der Waals surface area (Å²) in [5.74, 6) is 1.79. The minimum atomic E-state index is 0.0420. The Labute approximate surface area is 142 Å². The van der Waals surface area contributed by atoms with E-state index in [1.807, 2.05) is 18.2 Å². The van der Waals surface area contributed by atoms with Crippen LogP contribution in [0.4, 0.5) is 0 Å². The quantitative estimate of drug-likeness (QED) is 0.914. The van der Waals surface area contributed by atoms with E-state index in [9.17, 15) is 5.11 Å². The molecule has 0 spiro atoms. The van der Waals surface area contributed by atoms with Crippen LogP contribution in [0, 0.1) is 0 Å². The van der Waals surface area contributed by atoms with E-state index in [0.29, 0.717) is 17.2 Å². The second-order valence-corrected chi connectivity index (χ2v) is 5.71. The van der Waals surface area contributed by atoms with Crippen LogP contribution in [0.5, 0.6) is 17.2 Å². The van der Waals surface area contributed by atoms with Crippen molar-refractivity contribution in [3.8, 4) is 17.2 Å². The molecule has 0 atom stereocenters. The van der Waals surface area contributed by atoms with E-state index in [2.05, 4.69) is 18.2 Å². The first-order valence-electron chi connectivity index (χ1n) is 7.95. The first-order valence-corrected chi connectivity index (χ1v) is 7.95. The lowest BCUT2D eigenvalue weighted by atomic mass is 9.82. The SMILES string of the molecule is COc1cc(C2=C(CO)CCc3ccccc32)cc(OC)c1OC. The molecule has 4 nitrogen and oxygen atoms in total.